The first-order chi connectivity index (χ1) is 13.1. The van der Waals surface area contributed by atoms with Crippen LogP contribution < -0.4 is 0 Å². The van der Waals surface area contributed by atoms with Crippen LogP contribution in [0.2, 0.25) is 0 Å². The van der Waals surface area contributed by atoms with E-state index in [0.717, 1.165) is 19.3 Å². The fourth-order valence-electron chi connectivity index (χ4n) is 3.47. The molecule has 1 aliphatic rings. The van der Waals surface area contributed by atoms with Gasteiger partial charge in [-0.05, 0) is 25.7 Å². The summed E-state index contributed by atoms with van der Waals surface area (Å²) in [6.45, 7) is 2.65. The Morgan fingerprint density at radius 1 is 1.00 bits per heavy atom. The lowest BCUT2D eigenvalue weighted by atomic mass is 10.0. The molecule has 1 N–H and O–H groups in total. The third-order valence-corrected chi connectivity index (χ3v) is 5.14. The van der Waals surface area contributed by atoms with Gasteiger partial charge in [-0.1, -0.05) is 70.4 Å². The molecule has 0 radical (unpaired) electrons. The van der Waals surface area contributed by atoms with E-state index in [1.807, 2.05) is 6.08 Å². The summed E-state index contributed by atoms with van der Waals surface area (Å²) in [6, 6.07) is 0. The molecule has 0 aromatic carbocycles. The Morgan fingerprint density at radius 3 is 2.30 bits per heavy atom. The number of imide groups is 1. The zero-order chi connectivity index (χ0) is 19.9. The first-order valence-electron chi connectivity index (χ1n) is 10.8. The van der Waals surface area contributed by atoms with Gasteiger partial charge >= 0.3 is 5.97 Å². The van der Waals surface area contributed by atoms with Crippen LogP contribution in [0.15, 0.2) is 12.2 Å². The number of aliphatic carboxylic acids is 1. The summed E-state index contributed by atoms with van der Waals surface area (Å²) < 4.78 is 0. The van der Waals surface area contributed by atoms with Crippen molar-refractivity contribution in [3.05, 3.63) is 12.2 Å². The van der Waals surface area contributed by atoms with Crippen LogP contribution in [0, 0.1) is 5.92 Å². The molecular formula is C22H37NO4. The highest BCUT2D eigenvalue weighted by Gasteiger charge is 2.36. The summed E-state index contributed by atoms with van der Waals surface area (Å²) in [5, 5.41) is 8.61. The number of carboxylic acid groups (broad SMARTS) is 1. The molecule has 0 aromatic heterocycles. The number of carbonyl (C=O) groups is 3. The molecule has 5 nitrogen and oxygen atoms in total. The van der Waals surface area contributed by atoms with Crippen LogP contribution in [-0.4, -0.2) is 34.3 Å². The van der Waals surface area contributed by atoms with Crippen LogP contribution in [0.5, 0.6) is 0 Å². The van der Waals surface area contributed by atoms with Crippen LogP contribution in [0.25, 0.3) is 0 Å². The summed E-state index contributed by atoms with van der Waals surface area (Å²) in [5.41, 5.74) is 0. The highest BCUT2D eigenvalue weighted by molar-refractivity contribution is 6.04. The van der Waals surface area contributed by atoms with Crippen molar-refractivity contribution in [2.24, 2.45) is 5.92 Å². The molecule has 1 unspecified atom stereocenters. The minimum atomic E-state index is -0.801. The average molecular weight is 380 g/mol. The molecule has 1 fully saturated rings. The van der Waals surface area contributed by atoms with E-state index in [-0.39, 0.29) is 30.6 Å². The summed E-state index contributed by atoms with van der Waals surface area (Å²) in [5.74, 6) is -1.29. The molecule has 2 amide bonds. The average Bonchev–Trinajstić information content (AvgIpc) is 2.90. The van der Waals surface area contributed by atoms with Gasteiger partial charge in [0.25, 0.3) is 0 Å². The van der Waals surface area contributed by atoms with Crippen molar-refractivity contribution in [3.8, 4) is 0 Å². The minimum Gasteiger partial charge on any atom is -0.481 e. The van der Waals surface area contributed by atoms with Crippen molar-refractivity contribution in [3.63, 3.8) is 0 Å². The van der Waals surface area contributed by atoms with E-state index in [4.69, 9.17) is 5.11 Å². The van der Waals surface area contributed by atoms with Gasteiger partial charge in [-0.15, -0.1) is 0 Å². The first-order valence-corrected chi connectivity index (χ1v) is 10.8. The molecular weight excluding hydrogens is 342 g/mol. The molecule has 1 atom stereocenters. The van der Waals surface area contributed by atoms with Crippen molar-refractivity contribution in [2.75, 3.05) is 6.54 Å². The third-order valence-electron chi connectivity index (χ3n) is 5.14. The lowest BCUT2D eigenvalue weighted by Gasteiger charge is -2.13. The summed E-state index contributed by atoms with van der Waals surface area (Å²) >= 11 is 0. The van der Waals surface area contributed by atoms with Crippen LogP contribution in [0.3, 0.4) is 0 Å². The third kappa shape index (κ3) is 10.3. The second-order valence-corrected chi connectivity index (χ2v) is 7.59. The quantitative estimate of drug-likeness (QED) is 0.230. The topological polar surface area (TPSA) is 74.7 Å². The lowest BCUT2D eigenvalue weighted by Crippen LogP contribution is -2.31. The Bertz CT molecular complexity index is 487. The van der Waals surface area contributed by atoms with E-state index in [1.54, 1.807) is 0 Å². The highest BCUT2D eigenvalue weighted by atomic mass is 16.4. The fraction of sp³-hybridized carbons (Fsp3) is 0.773. The SMILES string of the molecule is CCCCCCCCCC/C=C/C1CC(=O)N(CCCCCC(=O)O)C1=O. The Morgan fingerprint density at radius 2 is 1.63 bits per heavy atom. The molecule has 27 heavy (non-hydrogen) atoms. The standard InChI is InChI=1S/C22H37NO4/c1-2-3-4-5-6-7-8-9-10-12-15-19-18-20(24)23(22(19)27)17-14-11-13-16-21(25)26/h12,15,19H,2-11,13-14,16-18H2,1H3,(H,25,26)/b15-12+. The molecule has 0 aromatic rings. The van der Waals surface area contributed by atoms with Gasteiger partial charge in [0.2, 0.25) is 11.8 Å². The Balaban J connectivity index is 2.13. The van der Waals surface area contributed by atoms with Gasteiger partial charge in [-0.2, -0.15) is 0 Å². The zero-order valence-corrected chi connectivity index (χ0v) is 17.0. The Kier molecular flexibility index (Phi) is 12.5. The van der Waals surface area contributed by atoms with E-state index in [0.29, 0.717) is 19.4 Å². The smallest absolute Gasteiger partial charge is 0.303 e. The molecule has 1 aliphatic heterocycles. The van der Waals surface area contributed by atoms with Crippen LogP contribution >= 0.6 is 0 Å². The molecule has 5 heteroatoms. The molecule has 154 valence electrons. The van der Waals surface area contributed by atoms with E-state index in [9.17, 15) is 14.4 Å². The number of rotatable bonds is 16. The van der Waals surface area contributed by atoms with Gasteiger partial charge in [-0.3, -0.25) is 19.3 Å². The number of hydrogen-bond donors (Lipinski definition) is 1. The second-order valence-electron chi connectivity index (χ2n) is 7.59. The molecule has 0 bridgehead atoms. The molecule has 1 saturated heterocycles. The maximum atomic E-state index is 12.3. The van der Waals surface area contributed by atoms with Crippen LogP contribution in [0.4, 0.5) is 0 Å². The Hall–Kier alpha value is -1.65. The molecule has 1 heterocycles. The molecule has 0 aliphatic carbocycles. The number of hydrogen-bond acceptors (Lipinski definition) is 3. The number of carboxylic acids is 1. The van der Waals surface area contributed by atoms with E-state index in [2.05, 4.69) is 13.0 Å². The van der Waals surface area contributed by atoms with E-state index < -0.39 is 5.97 Å². The summed E-state index contributed by atoms with van der Waals surface area (Å²) in [4.78, 5) is 36.2. The van der Waals surface area contributed by atoms with Gasteiger partial charge in [0.15, 0.2) is 0 Å². The lowest BCUT2D eigenvalue weighted by molar-refractivity contribution is -0.140. The van der Waals surface area contributed by atoms with Gasteiger partial charge in [0, 0.05) is 19.4 Å². The number of amides is 2. The number of likely N-dealkylation sites (tertiary alicyclic amines) is 1. The van der Waals surface area contributed by atoms with Gasteiger partial charge < -0.3 is 5.11 Å². The van der Waals surface area contributed by atoms with Crippen LogP contribution in [0.1, 0.15) is 96.8 Å². The van der Waals surface area contributed by atoms with E-state index >= 15 is 0 Å². The fourth-order valence-corrected chi connectivity index (χ4v) is 3.47. The maximum Gasteiger partial charge on any atom is 0.303 e. The maximum absolute atomic E-state index is 12.3. The minimum absolute atomic E-state index is 0.0922. The van der Waals surface area contributed by atoms with Gasteiger partial charge in [-0.25, -0.2) is 0 Å². The van der Waals surface area contributed by atoms with Crippen molar-refractivity contribution in [1.29, 1.82) is 0 Å². The van der Waals surface area contributed by atoms with Crippen molar-refractivity contribution in [2.45, 2.75) is 96.8 Å². The molecule has 0 spiro atoms. The van der Waals surface area contributed by atoms with Gasteiger partial charge in [0.1, 0.15) is 0 Å². The predicted octanol–water partition coefficient (Wildman–Crippen LogP) is 5.09. The van der Waals surface area contributed by atoms with Crippen LogP contribution in [-0.2, 0) is 14.4 Å². The second kappa shape index (κ2) is 14.4. The summed E-state index contributed by atoms with van der Waals surface area (Å²) in [7, 11) is 0. The highest BCUT2D eigenvalue weighted by Crippen LogP contribution is 2.22. The first kappa shape index (κ1) is 23.4. The number of carbonyl (C=O) groups excluding carboxylic acids is 2. The number of nitrogens with zero attached hydrogens (tertiary/aromatic N) is 1. The normalized spacial score (nSPS) is 17.4. The number of allylic oxidation sites excluding steroid dienone is 1. The van der Waals surface area contributed by atoms with Crippen molar-refractivity contribution < 1.29 is 19.5 Å². The zero-order valence-electron chi connectivity index (χ0n) is 17.0. The molecule has 1 rings (SSSR count). The van der Waals surface area contributed by atoms with Crippen molar-refractivity contribution >= 4 is 17.8 Å². The van der Waals surface area contributed by atoms with Crippen molar-refractivity contribution in [1.82, 2.24) is 4.90 Å². The monoisotopic (exact) mass is 379 g/mol. The van der Waals surface area contributed by atoms with Gasteiger partial charge in [0.05, 0.1) is 5.92 Å². The Labute approximate surface area is 164 Å². The predicted molar refractivity (Wildman–Crippen MR) is 107 cm³/mol. The molecule has 0 saturated carbocycles. The summed E-state index contributed by atoms with van der Waals surface area (Å²) in [6.07, 6.45) is 17.7. The number of unbranched alkanes of at least 4 members (excludes halogenated alkanes) is 10. The van der Waals surface area contributed by atoms with E-state index in [1.165, 1.54) is 49.8 Å². The largest absolute Gasteiger partial charge is 0.481 e.